The van der Waals surface area contributed by atoms with Gasteiger partial charge in [0.15, 0.2) is 5.13 Å². The molecule has 0 bridgehead atoms. The van der Waals surface area contributed by atoms with Gasteiger partial charge in [-0.05, 0) is 69.9 Å². The summed E-state index contributed by atoms with van der Waals surface area (Å²) in [6.45, 7) is 10.5. The van der Waals surface area contributed by atoms with Gasteiger partial charge in [0.2, 0.25) is 5.91 Å². The molecular weight excluding hydrogens is 394 g/mol. The Morgan fingerprint density at radius 1 is 1.17 bits per heavy atom. The first-order valence-corrected chi connectivity index (χ1v) is 11.4. The van der Waals surface area contributed by atoms with Gasteiger partial charge in [-0.15, -0.1) is 0 Å². The Morgan fingerprint density at radius 3 is 2.53 bits per heavy atom. The van der Waals surface area contributed by atoms with Gasteiger partial charge in [0.25, 0.3) is 0 Å². The molecule has 0 atom stereocenters. The number of ether oxygens (including phenoxy) is 1. The van der Waals surface area contributed by atoms with Crippen molar-refractivity contribution in [1.82, 2.24) is 4.98 Å². The zero-order chi connectivity index (χ0) is 21.3. The highest BCUT2D eigenvalue weighted by Crippen LogP contribution is 2.34. The number of carbonyl (C=O) groups is 1. The van der Waals surface area contributed by atoms with Crippen LogP contribution in [0, 0.1) is 26.7 Å². The van der Waals surface area contributed by atoms with Gasteiger partial charge in [-0.2, -0.15) is 0 Å². The Hall–Kier alpha value is -2.60. The number of amides is 1. The van der Waals surface area contributed by atoms with Gasteiger partial charge >= 0.3 is 0 Å². The summed E-state index contributed by atoms with van der Waals surface area (Å²) in [5.41, 5.74) is 5.44. The van der Waals surface area contributed by atoms with Crippen molar-refractivity contribution in [3.8, 4) is 5.75 Å². The quantitative estimate of drug-likeness (QED) is 0.591. The number of benzene rings is 2. The van der Waals surface area contributed by atoms with Crippen molar-refractivity contribution in [2.24, 2.45) is 5.92 Å². The molecule has 2 heterocycles. The number of rotatable bonds is 5. The average molecular weight is 424 g/mol. The fourth-order valence-corrected chi connectivity index (χ4v) is 5.27. The maximum atomic E-state index is 12.9. The van der Waals surface area contributed by atoms with E-state index in [2.05, 4.69) is 49.2 Å². The van der Waals surface area contributed by atoms with Crippen LogP contribution in [0.2, 0.25) is 0 Å². The summed E-state index contributed by atoms with van der Waals surface area (Å²) in [5.74, 6) is 1.06. The SMILES string of the molecule is CCOc1ccc2nc(N3CCC(C(=O)Nc4c(C)cc(C)cc4C)CC3)sc2c1. The van der Waals surface area contributed by atoms with Gasteiger partial charge in [0, 0.05) is 24.7 Å². The lowest BCUT2D eigenvalue weighted by molar-refractivity contribution is -0.120. The predicted octanol–water partition coefficient (Wildman–Crippen LogP) is 5.48. The molecule has 1 aliphatic rings. The fourth-order valence-electron chi connectivity index (χ4n) is 4.22. The monoisotopic (exact) mass is 423 g/mol. The van der Waals surface area contributed by atoms with E-state index < -0.39 is 0 Å². The Morgan fingerprint density at radius 2 is 1.87 bits per heavy atom. The van der Waals surface area contributed by atoms with Crippen molar-refractivity contribution in [2.45, 2.75) is 40.5 Å². The number of fused-ring (bicyclic) bond motifs is 1. The molecule has 1 fully saturated rings. The first-order valence-electron chi connectivity index (χ1n) is 10.6. The van der Waals surface area contributed by atoms with E-state index in [4.69, 9.17) is 9.72 Å². The Labute approximate surface area is 182 Å². The first-order chi connectivity index (χ1) is 14.4. The summed E-state index contributed by atoms with van der Waals surface area (Å²) < 4.78 is 6.74. The molecule has 30 heavy (non-hydrogen) atoms. The molecule has 1 amide bonds. The standard InChI is InChI=1S/C24H29N3O2S/c1-5-29-19-6-7-20-21(14-19)30-24(25-20)27-10-8-18(9-11-27)23(28)26-22-16(3)12-15(2)13-17(22)4/h6-7,12-14,18H,5,8-11H2,1-4H3,(H,26,28). The Balaban J connectivity index is 1.40. The first kappa shape index (κ1) is 20.7. The number of piperidine rings is 1. The van der Waals surface area contributed by atoms with E-state index in [1.54, 1.807) is 11.3 Å². The van der Waals surface area contributed by atoms with Crippen molar-refractivity contribution in [2.75, 3.05) is 29.9 Å². The summed E-state index contributed by atoms with van der Waals surface area (Å²) in [7, 11) is 0. The molecular formula is C24H29N3O2S. The second-order valence-electron chi connectivity index (χ2n) is 8.08. The molecule has 3 aromatic rings. The zero-order valence-electron chi connectivity index (χ0n) is 18.1. The molecule has 1 aliphatic heterocycles. The van der Waals surface area contributed by atoms with Gasteiger partial charge in [-0.1, -0.05) is 29.0 Å². The number of carbonyl (C=O) groups excluding carboxylic acids is 1. The third-order valence-corrected chi connectivity index (χ3v) is 6.80. The molecule has 2 aromatic carbocycles. The third-order valence-electron chi connectivity index (χ3n) is 5.72. The number of nitrogens with zero attached hydrogens (tertiary/aromatic N) is 2. The lowest BCUT2D eigenvalue weighted by Gasteiger charge is -2.31. The summed E-state index contributed by atoms with van der Waals surface area (Å²) >= 11 is 1.70. The van der Waals surface area contributed by atoms with Gasteiger partial charge in [-0.3, -0.25) is 4.79 Å². The van der Waals surface area contributed by atoms with Gasteiger partial charge in [0.05, 0.1) is 16.8 Å². The minimum Gasteiger partial charge on any atom is -0.494 e. The Kier molecular flexibility index (Phi) is 5.95. The Bertz CT molecular complexity index is 1040. The van der Waals surface area contributed by atoms with Crippen LogP contribution in [0.15, 0.2) is 30.3 Å². The van der Waals surface area contributed by atoms with Crippen molar-refractivity contribution >= 4 is 38.3 Å². The topological polar surface area (TPSA) is 54.5 Å². The normalized spacial score (nSPS) is 14.9. The fraction of sp³-hybridized carbons (Fsp3) is 0.417. The van der Waals surface area contributed by atoms with E-state index in [1.165, 1.54) is 5.56 Å². The van der Waals surface area contributed by atoms with Crippen LogP contribution < -0.4 is 15.0 Å². The van der Waals surface area contributed by atoms with Crippen LogP contribution >= 0.6 is 11.3 Å². The largest absolute Gasteiger partial charge is 0.494 e. The van der Waals surface area contributed by atoms with E-state index >= 15 is 0 Å². The van der Waals surface area contributed by atoms with E-state index in [0.717, 1.165) is 63.8 Å². The second kappa shape index (κ2) is 8.64. The lowest BCUT2D eigenvalue weighted by atomic mass is 9.95. The second-order valence-corrected chi connectivity index (χ2v) is 9.09. The number of aryl methyl sites for hydroxylation is 3. The highest BCUT2D eigenvalue weighted by molar-refractivity contribution is 7.22. The molecule has 1 aromatic heterocycles. The molecule has 1 N–H and O–H groups in total. The number of nitrogens with one attached hydrogen (secondary N) is 1. The molecule has 0 radical (unpaired) electrons. The van der Waals surface area contributed by atoms with Crippen LogP contribution in [-0.4, -0.2) is 30.6 Å². The lowest BCUT2D eigenvalue weighted by Crippen LogP contribution is -2.38. The molecule has 1 saturated heterocycles. The molecule has 4 rings (SSSR count). The van der Waals surface area contributed by atoms with E-state index in [-0.39, 0.29) is 11.8 Å². The highest BCUT2D eigenvalue weighted by atomic mass is 32.1. The molecule has 0 saturated carbocycles. The van der Waals surface area contributed by atoms with Crippen molar-refractivity contribution in [1.29, 1.82) is 0 Å². The van der Waals surface area contributed by atoms with Crippen LogP contribution in [-0.2, 0) is 4.79 Å². The van der Waals surface area contributed by atoms with E-state index in [1.807, 2.05) is 19.1 Å². The van der Waals surface area contributed by atoms with Crippen molar-refractivity contribution in [3.63, 3.8) is 0 Å². The van der Waals surface area contributed by atoms with Crippen LogP contribution in [0.3, 0.4) is 0 Å². The maximum Gasteiger partial charge on any atom is 0.227 e. The maximum absolute atomic E-state index is 12.9. The zero-order valence-corrected chi connectivity index (χ0v) is 18.9. The molecule has 0 aliphatic carbocycles. The van der Waals surface area contributed by atoms with Crippen LogP contribution in [0.1, 0.15) is 36.5 Å². The molecule has 6 heteroatoms. The number of hydrogen-bond acceptors (Lipinski definition) is 5. The highest BCUT2D eigenvalue weighted by Gasteiger charge is 2.27. The molecule has 5 nitrogen and oxygen atoms in total. The van der Waals surface area contributed by atoms with Gasteiger partial charge < -0.3 is 15.0 Å². The van der Waals surface area contributed by atoms with Crippen LogP contribution in [0.5, 0.6) is 5.75 Å². The minimum absolute atomic E-state index is 0.0419. The van der Waals surface area contributed by atoms with Crippen LogP contribution in [0.25, 0.3) is 10.2 Å². The molecule has 0 unspecified atom stereocenters. The van der Waals surface area contributed by atoms with E-state index in [9.17, 15) is 4.79 Å². The van der Waals surface area contributed by atoms with Gasteiger partial charge in [-0.25, -0.2) is 4.98 Å². The molecule has 158 valence electrons. The minimum atomic E-state index is 0.0419. The van der Waals surface area contributed by atoms with E-state index in [0.29, 0.717) is 6.61 Å². The van der Waals surface area contributed by atoms with Crippen molar-refractivity contribution < 1.29 is 9.53 Å². The summed E-state index contributed by atoms with van der Waals surface area (Å²) in [6, 6.07) is 10.3. The number of thiazole rings is 1. The van der Waals surface area contributed by atoms with Crippen molar-refractivity contribution in [3.05, 3.63) is 47.0 Å². The summed E-state index contributed by atoms with van der Waals surface area (Å²) in [4.78, 5) is 20.0. The van der Waals surface area contributed by atoms with Crippen LogP contribution in [0.4, 0.5) is 10.8 Å². The summed E-state index contributed by atoms with van der Waals surface area (Å²) in [5, 5.41) is 4.22. The number of aromatic nitrogens is 1. The number of hydrogen-bond donors (Lipinski definition) is 1. The van der Waals surface area contributed by atoms with Gasteiger partial charge in [0.1, 0.15) is 5.75 Å². The third kappa shape index (κ3) is 4.29. The number of anilines is 2. The average Bonchev–Trinajstić information content (AvgIpc) is 3.14. The summed E-state index contributed by atoms with van der Waals surface area (Å²) in [6.07, 6.45) is 1.69. The smallest absolute Gasteiger partial charge is 0.227 e. The predicted molar refractivity (Wildman–Crippen MR) is 125 cm³/mol. The molecule has 0 spiro atoms.